The number of benzene rings is 2. The van der Waals surface area contributed by atoms with Crippen LogP contribution < -0.4 is 4.90 Å². The second kappa shape index (κ2) is 8.10. The molecule has 0 aliphatic carbocycles. The summed E-state index contributed by atoms with van der Waals surface area (Å²) < 4.78 is 6.26. The third-order valence-corrected chi connectivity index (χ3v) is 6.16. The van der Waals surface area contributed by atoms with Gasteiger partial charge in [-0.25, -0.2) is 4.79 Å². The van der Waals surface area contributed by atoms with Gasteiger partial charge >= 0.3 is 5.97 Å². The molecule has 1 amide bonds. The third-order valence-electron chi connectivity index (χ3n) is 4.53. The zero-order valence-electron chi connectivity index (χ0n) is 15.6. The lowest BCUT2D eigenvalue weighted by Gasteiger charge is -2.16. The number of furan rings is 1. The number of thiocarbonyl (C=S) groups is 1. The van der Waals surface area contributed by atoms with Crippen LogP contribution in [0.3, 0.4) is 0 Å². The van der Waals surface area contributed by atoms with E-state index in [2.05, 4.69) is 0 Å². The topological polar surface area (TPSA) is 70.8 Å². The lowest BCUT2D eigenvalue weighted by molar-refractivity contribution is -0.113. The summed E-state index contributed by atoms with van der Waals surface area (Å²) in [5, 5.41) is 9.56. The molecule has 1 saturated heterocycles. The van der Waals surface area contributed by atoms with Crippen molar-refractivity contribution in [1.82, 2.24) is 0 Å². The molecule has 4 rings (SSSR count). The van der Waals surface area contributed by atoms with Gasteiger partial charge < -0.3 is 9.52 Å². The number of carboxylic acid groups (broad SMARTS) is 1. The van der Waals surface area contributed by atoms with Crippen molar-refractivity contribution in [1.29, 1.82) is 0 Å². The summed E-state index contributed by atoms with van der Waals surface area (Å²) in [7, 11) is 0. The molecule has 0 unspecified atom stereocenters. The molecule has 1 N–H and O–H groups in total. The average Bonchev–Trinajstić information content (AvgIpc) is 3.27. The van der Waals surface area contributed by atoms with Crippen LogP contribution in [0.1, 0.15) is 21.7 Å². The smallest absolute Gasteiger partial charge is 0.335 e. The Morgan fingerprint density at radius 2 is 1.97 bits per heavy atom. The molecule has 2 aromatic carbocycles. The summed E-state index contributed by atoms with van der Waals surface area (Å²) in [5.41, 5.74) is 2.26. The minimum atomic E-state index is -1.06. The van der Waals surface area contributed by atoms with Crippen LogP contribution in [-0.2, 0) is 4.79 Å². The minimum Gasteiger partial charge on any atom is -0.478 e. The number of thioether (sulfide) groups is 1. The first-order valence-corrected chi connectivity index (χ1v) is 10.4. The summed E-state index contributed by atoms with van der Waals surface area (Å²) in [5.74, 6) is -0.432. The summed E-state index contributed by atoms with van der Waals surface area (Å²) in [4.78, 5) is 26.1. The number of hydrogen-bond acceptors (Lipinski definition) is 5. The highest BCUT2D eigenvalue weighted by molar-refractivity contribution is 8.27. The molecule has 0 spiro atoms. The van der Waals surface area contributed by atoms with Crippen molar-refractivity contribution >= 4 is 63.5 Å². The first-order valence-electron chi connectivity index (χ1n) is 8.82. The zero-order valence-corrected chi connectivity index (χ0v) is 18.0. The second-order valence-corrected chi connectivity index (χ2v) is 8.59. The molecule has 2 heterocycles. The van der Waals surface area contributed by atoms with Crippen LogP contribution in [0, 0.1) is 6.92 Å². The first kappa shape index (κ1) is 20.4. The van der Waals surface area contributed by atoms with Crippen molar-refractivity contribution in [3.63, 3.8) is 0 Å². The van der Waals surface area contributed by atoms with Gasteiger partial charge in [0.1, 0.15) is 11.5 Å². The lowest BCUT2D eigenvalue weighted by Crippen LogP contribution is -2.28. The number of hydrogen-bond donors (Lipinski definition) is 1. The molecule has 1 fully saturated rings. The van der Waals surface area contributed by atoms with E-state index < -0.39 is 5.97 Å². The summed E-state index contributed by atoms with van der Waals surface area (Å²) in [6.45, 7) is 1.92. The van der Waals surface area contributed by atoms with Gasteiger partial charge in [-0.2, -0.15) is 0 Å². The van der Waals surface area contributed by atoms with Gasteiger partial charge in [-0.1, -0.05) is 53.8 Å². The molecular weight excluding hydrogens is 442 g/mol. The summed E-state index contributed by atoms with van der Waals surface area (Å²) in [6.07, 6.45) is 1.62. The molecule has 1 aliphatic rings. The maximum Gasteiger partial charge on any atom is 0.335 e. The highest BCUT2D eigenvalue weighted by atomic mass is 35.5. The second-order valence-electron chi connectivity index (χ2n) is 6.51. The molecule has 1 aliphatic heterocycles. The van der Waals surface area contributed by atoms with Crippen LogP contribution in [0.15, 0.2) is 63.9 Å². The van der Waals surface area contributed by atoms with Gasteiger partial charge in [0, 0.05) is 11.6 Å². The molecular formula is C22H14ClNO4S2. The largest absolute Gasteiger partial charge is 0.478 e. The number of halogens is 1. The molecule has 150 valence electrons. The molecule has 3 aromatic rings. The van der Waals surface area contributed by atoms with Crippen molar-refractivity contribution in [2.45, 2.75) is 6.92 Å². The number of aromatic carboxylic acids is 1. The SMILES string of the molecule is Cc1ccccc1N1C(=O)/C(=C\c2ccc(-c3cc(C(=O)O)ccc3Cl)o2)SC1=S. The van der Waals surface area contributed by atoms with Gasteiger partial charge in [0.05, 0.1) is 21.2 Å². The number of amides is 1. The van der Waals surface area contributed by atoms with Crippen molar-refractivity contribution in [2.75, 3.05) is 4.90 Å². The van der Waals surface area contributed by atoms with Crippen LogP contribution in [0.4, 0.5) is 5.69 Å². The Morgan fingerprint density at radius 3 is 2.70 bits per heavy atom. The Bertz CT molecular complexity index is 1230. The number of aryl methyl sites for hydroxylation is 1. The van der Waals surface area contributed by atoms with Crippen LogP contribution in [0.25, 0.3) is 17.4 Å². The van der Waals surface area contributed by atoms with Gasteiger partial charge in [-0.05, 0) is 48.9 Å². The van der Waals surface area contributed by atoms with Crippen molar-refractivity contribution in [3.8, 4) is 11.3 Å². The fourth-order valence-electron chi connectivity index (χ4n) is 3.04. The van der Waals surface area contributed by atoms with Gasteiger partial charge in [0.2, 0.25) is 0 Å². The van der Waals surface area contributed by atoms with Gasteiger partial charge in [0.15, 0.2) is 4.32 Å². The highest BCUT2D eigenvalue weighted by Gasteiger charge is 2.34. The maximum absolute atomic E-state index is 12.9. The number of carboxylic acids is 1. The van der Waals surface area contributed by atoms with E-state index in [-0.39, 0.29) is 11.5 Å². The number of para-hydroxylation sites is 1. The molecule has 0 atom stereocenters. The number of nitrogens with zero attached hydrogens (tertiary/aromatic N) is 1. The van der Waals surface area contributed by atoms with E-state index in [1.807, 2.05) is 31.2 Å². The fourth-order valence-corrected chi connectivity index (χ4v) is 4.52. The molecule has 8 heteroatoms. The minimum absolute atomic E-state index is 0.103. The molecule has 1 aromatic heterocycles. The van der Waals surface area contributed by atoms with Crippen molar-refractivity contribution in [3.05, 3.63) is 81.4 Å². The summed E-state index contributed by atoms with van der Waals surface area (Å²) in [6, 6.07) is 15.3. The zero-order chi connectivity index (χ0) is 21.4. The first-order chi connectivity index (χ1) is 14.3. The van der Waals surface area contributed by atoms with Crippen LogP contribution in [0.2, 0.25) is 5.02 Å². The van der Waals surface area contributed by atoms with Crippen LogP contribution >= 0.6 is 35.6 Å². The van der Waals surface area contributed by atoms with E-state index in [9.17, 15) is 14.7 Å². The van der Waals surface area contributed by atoms with Crippen molar-refractivity contribution in [2.24, 2.45) is 0 Å². The Morgan fingerprint density at radius 1 is 1.20 bits per heavy atom. The Hall–Kier alpha value is -2.87. The Balaban J connectivity index is 1.65. The fraction of sp³-hybridized carbons (Fsp3) is 0.0455. The van der Waals surface area contributed by atoms with Crippen molar-refractivity contribution < 1.29 is 19.1 Å². The molecule has 0 bridgehead atoms. The predicted octanol–water partition coefficient (Wildman–Crippen LogP) is 6.01. The molecule has 30 heavy (non-hydrogen) atoms. The summed E-state index contributed by atoms with van der Waals surface area (Å²) >= 11 is 12.8. The Kier molecular flexibility index (Phi) is 5.51. The number of carbonyl (C=O) groups is 2. The molecule has 5 nitrogen and oxygen atoms in total. The van der Waals surface area contributed by atoms with E-state index >= 15 is 0 Å². The maximum atomic E-state index is 12.9. The normalized spacial score (nSPS) is 15.3. The van der Waals surface area contributed by atoms with Gasteiger partial charge in [-0.15, -0.1) is 0 Å². The van der Waals surface area contributed by atoms with Crippen LogP contribution in [0.5, 0.6) is 0 Å². The highest BCUT2D eigenvalue weighted by Crippen LogP contribution is 2.38. The average molecular weight is 456 g/mol. The quantitative estimate of drug-likeness (QED) is 0.383. The molecule has 0 radical (unpaired) electrons. The number of anilines is 1. The standard InChI is InChI=1S/C22H14ClNO4S2/c1-12-4-2-3-5-17(12)24-20(25)19(30-22(24)29)11-14-7-9-18(28-14)15-10-13(21(26)27)6-8-16(15)23/h2-11H,1H3,(H,26,27)/b19-11+. The van der Waals surface area contributed by atoms with E-state index in [0.29, 0.717) is 31.3 Å². The predicted molar refractivity (Wildman–Crippen MR) is 123 cm³/mol. The van der Waals surface area contributed by atoms with E-state index in [1.54, 1.807) is 18.2 Å². The van der Waals surface area contributed by atoms with Gasteiger partial charge in [0.25, 0.3) is 5.91 Å². The third kappa shape index (κ3) is 3.79. The monoisotopic (exact) mass is 455 g/mol. The molecule has 0 saturated carbocycles. The van der Waals surface area contributed by atoms with Gasteiger partial charge in [-0.3, -0.25) is 9.69 Å². The lowest BCUT2D eigenvalue weighted by atomic mass is 10.1. The number of carbonyl (C=O) groups excluding carboxylic acids is 1. The van der Waals surface area contributed by atoms with E-state index in [4.69, 9.17) is 28.2 Å². The Labute approximate surface area is 186 Å². The van der Waals surface area contributed by atoms with Crippen LogP contribution in [-0.4, -0.2) is 21.3 Å². The van der Waals surface area contributed by atoms with E-state index in [0.717, 1.165) is 11.3 Å². The number of rotatable bonds is 4. The van der Waals surface area contributed by atoms with E-state index in [1.165, 1.54) is 34.9 Å².